The summed E-state index contributed by atoms with van der Waals surface area (Å²) in [5.74, 6) is 1.74. The third kappa shape index (κ3) is 2.68. The molecular formula is C15H15N5OS2. The van der Waals surface area contributed by atoms with Crippen LogP contribution in [0.25, 0.3) is 10.6 Å². The van der Waals surface area contributed by atoms with Gasteiger partial charge in [0.25, 0.3) is 5.91 Å². The van der Waals surface area contributed by atoms with Gasteiger partial charge in [-0.05, 0) is 24.8 Å². The molecule has 0 radical (unpaired) electrons. The topological polar surface area (TPSA) is 72.7 Å². The van der Waals surface area contributed by atoms with Crippen molar-refractivity contribution in [3.63, 3.8) is 0 Å². The van der Waals surface area contributed by atoms with E-state index in [0.29, 0.717) is 11.4 Å². The SMILES string of the molecule is Cc1nc(-c2ccsc2)sc1C(=O)NCc1nnc2n1CCC2. The molecule has 0 fully saturated rings. The van der Waals surface area contributed by atoms with Gasteiger partial charge in [-0.1, -0.05) is 0 Å². The fourth-order valence-corrected chi connectivity index (χ4v) is 4.39. The molecule has 4 heterocycles. The Labute approximate surface area is 141 Å². The highest BCUT2D eigenvalue weighted by molar-refractivity contribution is 7.17. The van der Waals surface area contributed by atoms with E-state index in [1.54, 1.807) is 11.3 Å². The van der Waals surface area contributed by atoms with Crippen LogP contribution in [0.1, 0.15) is 33.4 Å². The van der Waals surface area contributed by atoms with E-state index in [4.69, 9.17) is 0 Å². The zero-order valence-electron chi connectivity index (χ0n) is 12.6. The van der Waals surface area contributed by atoms with Gasteiger partial charge in [0.2, 0.25) is 0 Å². The lowest BCUT2D eigenvalue weighted by atomic mass is 10.3. The zero-order chi connectivity index (χ0) is 15.8. The minimum Gasteiger partial charge on any atom is -0.344 e. The Kier molecular flexibility index (Phi) is 3.70. The van der Waals surface area contributed by atoms with Crippen LogP contribution in [0, 0.1) is 6.92 Å². The molecule has 3 aromatic rings. The average molecular weight is 345 g/mol. The van der Waals surface area contributed by atoms with E-state index < -0.39 is 0 Å². The summed E-state index contributed by atoms with van der Waals surface area (Å²) < 4.78 is 2.09. The van der Waals surface area contributed by atoms with Crippen molar-refractivity contribution in [3.8, 4) is 10.6 Å². The minimum absolute atomic E-state index is 0.100. The first-order chi connectivity index (χ1) is 11.2. The van der Waals surface area contributed by atoms with Crippen LogP contribution in [0.4, 0.5) is 0 Å². The second-order valence-corrected chi connectivity index (χ2v) is 7.20. The number of nitrogens with zero attached hydrogens (tertiary/aromatic N) is 4. The number of hydrogen-bond acceptors (Lipinski definition) is 6. The standard InChI is InChI=1S/C15H15N5OS2/c1-9-13(23-15(17-9)10-4-6-22-8-10)14(21)16-7-12-19-18-11-3-2-5-20(11)12/h4,6,8H,2-3,5,7H2,1H3,(H,16,21). The number of carbonyl (C=O) groups excluding carboxylic acids is 1. The summed E-state index contributed by atoms with van der Waals surface area (Å²) in [6.07, 6.45) is 2.07. The van der Waals surface area contributed by atoms with E-state index in [0.717, 1.165) is 47.3 Å². The first-order valence-electron chi connectivity index (χ1n) is 7.41. The predicted molar refractivity (Wildman–Crippen MR) is 89.7 cm³/mol. The normalized spacial score (nSPS) is 13.3. The van der Waals surface area contributed by atoms with E-state index in [9.17, 15) is 4.79 Å². The van der Waals surface area contributed by atoms with Crippen molar-refractivity contribution in [2.24, 2.45) is 0 Å². The summed E-state index contributed by atoms with van der Waals surface area (Å²) in [7, 11) is 0. The van der Waals surface area contributed by atoms with Crippen molar-refractivity contribution in [1.82, 2.24) is 25.1 Å². The molecule has 1 aliphatic rings. The number of amides is 1. The monoisotopic (exact) mass is 345 g/mol. The van der Waals surface area contributed by atoms with Crippen molar-refractivity contribution in [2.45, 2.75) is 32.9 Å². The van der Waals surface area contributed by atoms with Gasteiger partial charge in [0.05, 0.1) is 12.2 Å². The molecule has 0 saturated heterocycles. The van der Waals surface area contributed by atoms with Gasteiger partial charge in [-0.25, -0.2) is 4.98 Å². The summed E-state index contributed by atoms with van der Waals surface area (Å²) in [5.41, 5.74) is 1.83. The quantitative estimate of drug-likeness (QED) is 0.789. The Morgan fingerprint density at radius 2 is 2.35 bits per heavy atom. The van der Waals surface area contributed by atoms with Crippen LogP contribution in [0.3, 0.4) is 0 Å². The lowest BCUT2D eigenvalue weighted by Crippen LogP contribution is -2.24. The molecule has 0 spiro atoms. The first kappa shape index (κ1) is 14.5. The smallest absolute Gasteiger partial charge is 0.263 e. The second kappa shape index (κ2) is 5.86. The highest BCUT2D eigenvalue weighted by Gasteiger charge is 2.20. The number of fused-ring (bicyclic) bond motifs is 1. The lowest BCUT2D eigenvalue weighted by Gasteiger charge is -2.04. The van der Waals surface area contributed by atoms with Gasteiger partial charge < -0.3 is 9.88 Å². The molecule has 0 atom stereocenters. The van der Waals surface area contributed by atoms with E-state index in [2.05, 4.69) is 25.1 Å². The van der Waals surface area contributed by atoms with Crippen molar-refractivity contribution in [3.05, 3.63) is 39.0 Å². The molecule has 1 amide bonds. The van der Waals surface area contributed by atoms with Crippen LogP contribution in [0.15, 0.2) is 16.8 Å². The molecule has 23 heavy (non-hydrogen) atoms. The maximum atomic E-state index is 12.4. The minimum atomic E-state index is -0.100. The molecule has 3 aromatic heterocycles. The van der Waals surface area contributed by atoms with Crippen molar-refractivity contribution in [2.75, 3.05) is 0 Å². The zero-order valence-corrected chi connectivity index (χ0v) is 14.2. The number of hydrogen-bond donors (Lipinski definition) is 1. The largest absolute Gasteiger partial charge is 0.344 e. The Balaban J connectivity index is 1.49. The third-order valence-corrected chi connectivity index (χ3v) is 5.75. The Hall–Kier alpha value is -2.06. The number of carbonyl (C=O) groups is 1. The van der Waals surface area contributed by atoms with Gasteiger partial charge in [0.15, 0.2) is 5.82 Å². The molecule has 0 aromatic carbocycles. The van der Waals surface area contributed by atoms with Gasteiger partial charge in [0, 0.05) is 23.9 Å². The molecule has 0 saturated carbocycles. The fourth-order valence-electron chi connectivity index (χ4n) is 2.70. The summed E-state index contributed by atoms with van der Waals surface area (Å²) in [6.45, 7) is 3.21. The van der Waals surface area contributed by atoms with Crippen molar-refractivity contribution in [1.29, 1.82) is 0 Å². The van der Waals surface area contributed by atoms with E-state index in [1.165, 1.54) is 11.3 Å². The number of thiophene rings is 1. The molecule has 0 bridgehead atoms. The Morgan fingerprint density at radius 3 is 3.17 bits per heavy atom. The maximum Gasteiger partial charge on any atom is 0.263 e. The van der Waals surface area contributed by atoms with Crippen LogP contribution >= 0.6 is 22.7 Å². The summed E-state index contributed by atoms with van der Waals surface area (Å²) in [6, 6.07) is 2.02. The van der Waals surface area contributed by atoms with Crippen molar-refractivity contribution >= 4 is 28.6 Å². The molecule has 1 aliphatic heterocycles. The van der Waals surface area contributed by atoms with Gasteiger partial charge in [-0.2, -0.15) is 11.3 Å². The van der Waals surface area contributed by atoms with Gasteiger partial charge in [-0.15, -0.1) is 21.5 Å². The van der Waals surface area contributed by atoms with Gasteiger partial charge in [0.1, 0.15) is 15.7 Å². The van der Waals surface area contributed by atoms with E-state index in [1.807, 2.05) is 23.8 Å². The molecule has 118 valence electrons. The van der Waals surface area contributed by atoms with Crippen LogP contribution in [0.5, 0.6) is 0 Å². The van der Waals surface area contributed by atoms with E-state index >= 15 is 0 Å². The van der Waals surface area contributed by atoms with Crippen LogP contribution in [0.2, 0.25) is 0 Å². The van der Waals surface area contributed by atoms with Crippen LogP contribution in [-0.4, -0.2) is 25.7 Å². The number of rotatable bonds is 4. The fraction of sp³-hybridized carbons (Fsp3) is 0.333. The number of nitrogens with one attached hydrogen (secondary N) is 1. The van der Waals surface area contributed by atoms with Gasteiger partial charge >= 0.3 is 0 Å². The first-order valence-corrected chi connectivity index (χ1v) is 9.17. The number of aryl methyl sites for hydroxylation is 2. The number of aromatic nitrogens is 4. The molecule has 0 unspecified atom stereocenters. The molecule has 4 rings (SSSR count). The second-order valence-electron chi connectivity index (χ2n) is 5.42. The number of thiazole rings is 1. The van der Waals surface area contributed by atoms with Crippen LogP contribution in [-0.2, 0) is 19.5 Å². The lowest BCUT2D eigenvalue weighted by molar-refractivity contribution is 0.0952. The molecule has 6 nitrogen and oxygen atoms in total. The maximum absolute atomic E-state index is 12.4. The van der Waals surface area contributed by atoms with Crippen molar-refractivity contribution < 1.29 is 4.79 Å². The Bertz CT molecular complexity index is 849. The average Bonchev–Trinajstić information content (AvgIpc) is 3.29. The summed E-state index contributed by atoms with van der Waals surface area (Å²) >= 11 is 3.05. The van der Waals surface area contributed by atoms with E-state index in [-0.39, 0.29) is 5.91 Å². The summed E-state index contributed by atoms with van der Waals surface area (Å²) in [5, 5.41) is 16.2. The molecule has 1 N–H and O–H groups in total. The Morgan fingerprint density at radius 1 is 1.43 bits per heavy atom. The van der Waals surface area contributed by atoms with Crippen LogP contribution < -0.4 is 5.32 Å². The molecule has 8 heteroatoms. The van der Waals surface area contributed by atoms with Gasteiger partial charge in [-0.3, -0.25) is 4.79 Å². The highest BCUT2D eigenvalue weighted by Crippen LogP contribution is 2.29. The molecule has 0 aliphatic carbocycles. The third-order valence-electron chi connectivity index (χ3n) is 3.86. The predicted octanol–water partition coefficient (Wildman–Crippen LogP) is 2.65. The highest BCUT2D eigenvalue weighted by atomic mass is 32.1. The molecular weight excluding hydrogens is 330 g/mol. The summed E-state index contributed by atoms with van der Waals surface area (Å²) in [4.78, 5) is 17.6.